The Morgan fingerprint density at radius 1 is 1.28 bits per heavy atom. The average Bonchev–Trinajstić information content (AvgIpc) is 2.51. The van der Waals surface area contributed by atoms with Crippen molar-refractivity contribution < 1.29 is 14.7 Å². The summed E-state index contributed by atoms with van der Waals surface area (Å²) < 4.78 is 0. The van der Waals surface area contributed by atoms with Gasteiger partial charge in [0.25, 0.3) is 0 Å². The minimum Gasteiger partial charge on any atom is -0.480 e. The van der Waals surface area contributed by atoms with Gasteiger partial charge in [0.2, 0.25) is 5.91 Å². The lowest BCUT2D eigenvalue weighted by atomic mass is 9.86. The topological polar surface area (TPSA) is 78.4 Å². The van der Waals surface area contributed by atoms with Crippen molar-refractivity contribution in [3.63, 3.8) is 0 Å². The Labute approximate surface area is 108 Å². The molecule has 1 amide bonds. The van der Waals surface area contributed by atoms with Crippen LogP contribution < -0.4 is 10.6 Å². The van der Waals surface area contributed by atoms with E-state index in [1.54, 1.807) is 0 Å². The molecule has 0 bridgehead atoms. The predicted octanol–water partition coefficient (Wildman–Crippen LogP) is 1.13. The van der Waals surface area contributed by atoms with Gasteiger partial charge in [-0.15, -0.1) is 0 Å². The number of nitrogens with one attached hydrogen (secondary N) is 2. The van der Waals surface area contributed by atoms with Gasteiger partial charge in [-0.05, 0) is 24.8 Å². The van der Waals surface area contributed by atoms with Gasteiger partial charge in [-0.25, -0.2) is 4.79 Å². The van der Waals surface area contributed by atoms with Gasteiger partial charge in [0.05, 0.1) is 6.04 Å². The molecule has 2 atom stereocenters. The highest BCUT2D eigenvalue weighted by atomic mass is 16.4. The zero-order chi connectivity index (χ0) is 13.8. The van der Waals surface area contributed by atoms with Crippen LogP contribution in [0.4, 0.5) is 0 Å². The minimum atomic E-state index is -0.982. The molecule has 1 aliphatic heterocycles. The average molecular weight is 256 g/mol. The molecule has 0 aliphatic carbocycles. The third-order valence-electron chi connectivity index (χ3n) is 3.28. The molecule has 5 heteroatoms. The van der Waals surface area contributed by atoms with Crippen molar-refractivity contribution in [3.8, 4) is 0 Å². The first kappa shape index (κ1) is 15.0. The van der Waals surface area contributed by atoms with E-state index < -0.39 is 17.4 Å². The maximum absolute atomic E-state index is 12.1. The number of hydrogen-bond acceptors (Lipinski definition) is 3. The molecule has 0 saturated carbocycles. The fraction of sp³-hybridized carbons (Fsp3) is 0.846. The number of carbonyl (C=O) groups is 2. The van der Waals surface area contributed by atoms with E-state index in [2.05, 4.69) is 10.6 Å². The predicted molar refractivity (Wildman–Crippen MR) is 69.3 cm³/mol. The zero-order valence-corrected chi connectivity index (χ0v) is 11.5. The fourth-order valence-corrected chi connectivity index (χ4v) is 2.14. The van der Waals surface area contributed by atoms with Crippen molar-refractivity contribution in [2.75, 3.05) is 6.54 Å². The van der Waals surface area contributed by atoms with Crippen LogP contribution in [0.25, 0.3) is 0 Å². The van der Waals surface area contributed by atoms with Crippen molar-refractivity contribution >= 4 is 11.9 Å². The lowest BCUT2D eigenvalue weighted by Crippen LogP contribution is -2.54. The van der Waals surface area contributed by atoms with E-state index in [1.165, 1.54) is 0 Å². The first-order valence-electron chi connectivity index (χ1n) is 6.59. The number of carbonyl (C=O) groups excluding carboxylic acids is 1. The molecular weight excluding hydrogens is 232 g/mol. The maximum Gasteiger partial charge on any atom is 0.326 e. The molecule has 0 aromatic carbocycles. The lowest BCUT2D eigenvalue weighted by Gasteiger charge is -2.29. The van der Waals surface area contributed by atoms with E-state index in [4.69, 9.17) is 0 Å². The number of rotatable bonds is 3. The number of carboxylic acids is 1. The van der Waals surface area contributed by atoms with Gasteiger partial charge in [-0.2, -0.15) is 0 Å². The summed E-state index contributed by atoms with van der Waals surface area (Å²) in [6.07, 6.45) is 3.99. The molecule has 0 aromatic rings. The van der Waals surface area contributed by atoms with Gasteiger partial charge in [0, 0.05) is 0 Å². The highest BCUT2D eigenvalue weighted by Gasteiger charge is 2.34. The van der Waals surface area contributed by atoms with E-state index in [0.717, 1.165) is 32.2 Å². The van der Waals surface area contributed by atoms with Crippen LogP contribution in [-0.2, 0) is 9.59 Å². The monoisotopic (exact) mass is 256 g/mol. The summed E-state index contributed by atoms with van der Waals surface area (Å²) in [6.45, 7) is 6.26. The molecule has 1 saturated heterocycles. The normalized spacial score (nSPS) is 22.9. The van der Waals surface area contributed by atoms with Crippen LogP contribution in [0.2, 0.25) is 0 Å². The van der Waals surface area contributed by atoms with Crippen molar-refractivity contribution in [1.82, 2.24) is 10.6 Å². The second-order valence-corrected chi connectivity index (χ2v) is 6.00. The number of carboxylic acid groups (broad SMARTS) is 1. The molecule has 1 heterocycles. The van der Waals surface area contributed by atoms with E-state index in [1.807, 2.05) is 20.8 Å². The third-order valence-corrected chi connectivity index (χ3v) is 3.28. The van der Waals surface area contributed by atoms with Crippen molar-refractivity contribution in [2.45, 2.75) is 58.5 Å². The molecule has 0 spiro atoms. The largest absolute Gasteiger partial charge is 0.480 e. The van der Waals surface area contributed by atoms with Gasteiger partial charge >= 0.3 is 5.97 Å². The smallest absolute Gasteiger partial charge is 0.326 e. The first-order chi connectivity index (χ1) is 8.32. The van der Waals surface area contributed by atoms with Crippen LogP contribution in [0.15, 0.2) is 0 Å². The second kappa shape index (κ2) is 6.18. The summed E-state index contributed by atoms with van der Waals surface area (Å²) >= 11 is 0. The molecule has 18 heavy (non-hydrogen) atoms. The minimum absolute atomic E-state index is 0.195. The number of aliphatic carboxylic acids is 1. The summed E-state index contributed by atoms with van der Waals surface area (Å²) in [4.78, 5) is 23.3. The molecule has 3 N–H and O–H groups in total. The quantitative estimate of drug-likeness (QED) is 0.707. The van der Waals surface area contributed by atoms with E-state index in [0.29, 0.717) is 0 Å². The van der Waals surface area contributed by atoms with Crippen LogP contribution in [0.5, 0.6) is 0 Å². The van der Waals surface area contributed by atoms with Crippen LogP contribution in [-0.4, -0.2) is 35.6 Å². The lowest BCUT2D eigenvalue weighted by molar-refractivity contribution is -0.145. The standard InChI is InChI=1S/C13H24N2O3/c1-13(2,3)10(12(17)18)15-11(16)9-7-5-4-6-8-14-9/h9-10,14H,4-8H2,1-3H3,(H,15,16)(H,17,18). The summed E-state index contributed by atoms with van der Waals surface area (Å²) in [5.41, 5.74) is -0.494. The van der Waals surface area contributed by atoms with Crippen molar-refractivity contribution in [2.24, 2.45) is 5.41 Å². The molecule has 0 aromatic heterocycles. The van der Waals surface area contributed by atoms with E-state index in [9.17, 15) is 14.7 Å². The Morgan fingerprint density at radius 3 is 2.50 bits per heavy atom. The fourth-order valence-electron chi connectivity index (χ4n) is 2.14. The zero-order valence-electron chi connectivity index (χ0n) is 11.5. The Balaban J connectivity index is 2.63. The highest BCUT2D eigenvalue weighted by molar-refractivity contribution is 5.87. The number of amides is 1. The summed E-state index contributed by atoms with van der Waals surface area (Å²) in [5, 5.41) is 15.0. The van der Waals surface area contributed by atoms with Crippen LogP contribution in [0.1, 0.15) is 46.5 Å². The Bertz CT molecular complexity index is 302. The Hall–Kier alpha value is -1.10. The van der Waals surface area contributed by atoms with E-state index >= 15 is 0 Å². The summed E-state index contributed by atoms with van der Waals surface area (Å²) in [7, 11) is 0. The molecule has 1 rings (SSSR count). The van der Waals surface area contributed by atoms with Crippen molar-refractivity contribution in [1.29, 1.82) is 0 Å². The van der Waals surface area contributed by atoms with Gasteiger partial charge in [0.1, 0.15) is 6.04 Å². The molecule has 5 nitrogen and oxygen atoms in total. The molecule has 0 radical (unpaired) electrons. The van der Waals surface area contributed by atoms with Crippen LogP contribution in [0, 0.1) is 5.41 Å². The summed E-state index contributed by atoms with van der Waals surface area (Å²) in [6, 6.07) is -1.10. The van der Waals surface area contributed by atoms with Gasteiger partial charge in [0.15, 0.2) is 0 Å². The van der Waals surface area contributed by atoms with Gasteiger partial charge < -0.3 is 15.7 Å². The van der Waals surface area contributed by atoms with Gasteiger partial charge in [-0.1, -0.05) is 33.6 Å². The van der Waals surface area contributed by atoms with Crippen molar-refractivity contribution in [3.05, 3.63) is 0 Å². The molecular formula is C13H24N2O3. The SMILES string of the molecule is CC(C)(C)C(NC(=O)C1CCCCCN1)C(=O)O. The maximum atomic E-state index is 12.1. The molecule has 1 aliphatic rings. The van der Waals surface area contributed by atoms with Crippen LogP contribution >= 0.6 is 0 Å². The van der Waals surface area contributed by atoms with E-state index in [-0.39, 0.29) is 11.9 Å². The van der Waals surface area contributed by atoms with Gasteiger partial charge in [-0.3, -0.25) is 4.79 Å². The first-order valence-corrected chi connectivity index (χ1v) is 6.59. The molecule has 1 fully saturated rings. The Morgan fingerprint density at radius 2 is 1.94 bits per heavy atom. The highest BCUT2D eigenvalue weighted by Crippen LogP contribution is 2.20. The number of hydrogen-bond donors (Lipinski definition) is 3. The molecule has 2 unspecified atom stereocenters. The second-order valence-electron chi connectivity index (χ2n) is 6.00. The third kappa shape index (κ3) is 4.29. The van der Waals surface area contributed by atoms with Crippen LogP contribution in [0.3, 0.4) is 0 Å². The summed E-state index contributed by atoms with van der Waals surface area (Å²) in [5.74, 6) is -1.18. The molecule has 104 valence electrons. The Kier molecular flexibility index (Phi) is 5.14.